The summed E-state index contributed by atoms with van der Waals surface area (Å²) in [5.74, 6) is 1.15. The third-order valence-corrected chi connectivity index (χ3v) is 3.77. The maximum atomic E-state index is 6.17. The second-order valence-corrected chi connectivity index (χ2v) is 5.99. The molecule has 3 rings (SSSR count). The van der Waals surface area contributed by atoms with Crippen molar-refractivity contribution in [3.8, 4) is 0 Å². The minimum Gasteiger partial charge on any atom is -0.364 e. The van der Waals surface area contributed by atoms with E-state index >= 15 is 0 Å². The van der Waals surface area contributed by atoms with Crippen LogP contribution in [0, 0.1) is 6.92 Å². The average molecular weight is 360 g/mol. The minimum atomic E-state index is 0.447. The molecule has 0 saturated heterocycles. The lowest BCUT2D eigenvalue weighted by Gasteiger charge is -2.11. The molecule has 0 aliphatic rings. The zero-order valence-corrected chi connectivity index (χ0v) is 14.4. The van der Waals surface area contributed by atoms with E-state index in [9.17, 15) is 0 Å². The van der Waals surface area contributed by atoms with E-state index in [-0.39, 0.29) is 0 Å². The van der Waals surface area contributed by atoms with Crippen LogP contribution in [0.15, 0.2) is 48.7 Å². The summed E-state index contributed by atoms with van der Waals surface area (Å²) in [6.45, 7) is 2.48. The van der Waals surface area contributed by atoms with Crippen LogP contribution in [0.3, 0.4) is 0 Å². The van der Waals surface area contributed by atoms with Crippen molar-refractivity contribution in [1.82, 2.24) is 15.0 Å². The summed E-state index contributed by atoms with van der Waals surface area (Å²) in [7, 11) is 0. The smallest absolute Gasteiger partial charge is 0.229 e. The molecule has 2 N–H and O–H groups in total. The number of aryl methyl sites for hydroxylation is 1. The van der Waals surface area contributed by atoms with E-state index in [1.807, 2.05) is 31.2 Å². The van der Waals surface area contributed by atoms with E-state index in [4.69, 9.17) is 23.2 Å². The topological polar surface area (TPSA) is 62.7 Å². The van der Waals surface area contributed by atoms with Crippen molar-refractivity contribution in [2.24, 2.45) is 0 Å². The van der Waals surface area contributed by atoms with Gasteiger partial charge in [0.15, 0.2) is 0 Å². The van der Waals surface area contributed by atoms with Crippen LogP contribution in [-0.2, 0) is 6.54 Å². The van der Waals surface area contributed by atoms with E-state index in [0.717, 1.165) is 11.4 Å². The van der Waals surface area contributed by atoms with Crippen LogP contribution in [0.25, 0.3) is 0 Å². The third-order valence-electron chi connectivity index (χ3n) is 3.21. The van der Waals surface area contributed by atoms with E-state index < -0.39 is 0 Å². The summed E-state index contributed by atoms with van der Waals surface area (Å²) < 4.78 is 0. The number of nitrogens with one attached hydrogen (secondary N) is 2. The first-order chi connectivity index (χ1) is 11.6. The number of nitrogens with zero attached hydrogens (tertiary/aromatic N) is 3. The van der Waals surface area contributed by atoms with Crippen LogP contribution in [0.2, 0.25) is 10.0 Å². The van der Waals surface area contributed by atoms with Crippen LogP contribution in [0.4, 0.5) is 17.5 Å². The summed E-state index contributed by atoms with van der Waals surface area (Å²) in [5, 5.41) is 7.47. The summed E-state index contributed by atoms with van der Waals surface area (Å²) in [6.07, 6.45) is 1.76. The summed E-state index contributed by atoms with van der Waals surface area (Å²) in [5.41, 5.74) is 2.42. The molecule has 2 heterocycles. The fourth-order valence-corrected chi connectivity index (χ4v) is 2.45. The largest absolute Gasteiger partial charge is 0.364 e. The van der Waals surface area contributed by atoms with Crippen molar-refractivity contribution >= 4 is 40.7 Å². The Morgan fingerprint density at radius 3 is 2.71 bits per heavy atom. The summed E-state index contributed by atoms with van der Waals surface area (Å²) in [4.78, 5) is 13.1. The van der Waals surface area contributed by atoms with E-state index in [1.54, 1.807) is 24.4 Å². The minimum absolute atomic E-state index is 0.447. The highest BCUT2D eigenvalue weighted by Crippen LogP contribution is 2.27. The summed E-state index contributed by atoms with van der Waals surface area (Å²) >= 11 is 12.2. The molecule has 5 nitrogen and oxygen atoms in total. The van der Waals surface area contributed by atoms with Crippen LogP contribution in [-0.4, -0.2) is 15.0 Å². The highest BCUT2D eigenvalue weighted by molar-refractivity contribution is 6.35. The second kappa shape index (κ2) is 7.47. The standard InChI is InChI=1S/C17H15Cl2N5/c1-11-8-16(21-10-13-4-2-3-7-20-13)24-17(22-11)23-15-9-12(18)5-6-14(15)19/h2-9H,10H2,1H3,(H2,21,22,23,24). The monoisotopic (exact) mass is 359 g/mol. The van der Waals surface area contributed by atoms with Crippen molar-refractivity contribution in [3.63, 3.8) is 0 Å². The lowest BCUT2D eigenvalue weighted by molar-refractivity contribution is 1.01. The SMILES string of the molecule is Cc1cc(NCc2ccccn2)nc(Nc2cc(Cl)ccc2Cl)n1. The van der Waals surface area contributed by atoms with Gasteiger partial charge in [0.2, 0.25) is 5.95 Å². The molecule has 122 valence electrons. The molecule has 0 atom stereocenters. The van der Waals surface area contributed by atoms with Gasteiger partial charge in [0.05, 0.1) is 22.9 Å². The lowest BCUT2D eigenvalue weighted by Crippen LogP contribution is -2.06. The van der Waals surface area contributed by atoms with Gasteiger partial charge in [0.25, 0.3) is 0 Å². The number of halogens is 2. The molecule has 0 saturated carbocycles. The number of hydrogen-bond acceptors (Lipinski definition) is 5. The Morgan fingerprint density at radius 2 is 1.92 bits per heavy atom. The van der Waals surface area contributed by atoms with Gasteiger partial charge >= 0.3 is 0 Å². The van der Waals surface area contributed by atoms with Crippen molar-refractivity contribution < 1.29 is 0 Å². The molecule has 0 amide bonds. The maximum Gasteiger partial charge on any atom is 0.229 e. The first kappa shape index (κ1) is 16.5. The molecule has 0 unspecified atom stereocenters. The Hall–Kier alpha value is -2.37. The van der Waals surface area contributed by atoms with Crippen LogP contribution in [0.5, 0.6) is 0 Å². The molecule has 3 aromatic rings. The van der Waals surface area contributed by atoms with Crippen LogP contribution < -0.4 is 10.6 Å². The molecular formula is C17H15Cl2N5. The Kier molecular flexibility index (Phi) is 5.13. The van der Waals surface area contributed by atoms with Crippen LogP contribution in [0.1, 0.15) is 11.4 Å². The Labute approximate surface area is 150 Å². The molecular weight excluding hydrogens is 345 g/mol. The van der Waals surface area contributed by atoms with Gasteiger partial charge in [-0.2, -0.15) is 4.98 Å². The quantitative estimate of drug-likeness (QED) is 0.682. The maximum absolute atomic E-state index is 6.17. The fourth-order valence-electron chi connectivity index (χ4n) is 2.11. The molecule has 2 aromatic heterocycles. The number of rotatable bonds is 5. The number of aromatic nitrogens is 3. The van der Waals surface area contributed by atoms with Gasteiger partial charge in [-0.05, 0) is 37.3 Å². The van der Waals surface area contributed by atoms with Crippen molar-refractivity contribution in [2.45, 2.75) is 13.5 Å². The van der Waals surface area contributed by atoms with Gasteiger partial charge in [-0.1, -0.05) is 29.3 Å². The van der Waals surface area contributed by atoms with Crippen LogP contribution >= 0.6 is 23.2 Å². The lowest BCUT2D eigenvalue weighted by atomic mass is 10.3. The average Bonchev–Trinajstić information content (AvgIpc) is 2.57. The molecule has 0 bridgehead atoms. The molecule has 0 aliphatic carbocycles. The first-order valence-electron chi connectivity index (χ1n) is 7.32. The zero-order chi connectivity index (χ0) is 16.9. The molecule has 0 aliphatic heterocycles. The normalized spacial score (nSPS) is 10.5. The van der Waals surface area contributed by atoms with E-state index in [2.05, 4.69) is 25.6 Å². The highest BCUT2D eigenvalue weighted by Gasteiger charge is 2.06. The summed E-state index contributed by atoms with van der Waals surface area (Å²) in [6, 6.07) is 12.8. The number of hydrogen-bond donors (Lipinski definition) is 2. The van der Waals surface area contributed by atoms with Gasteiger partial charge in [-0.15, -0.1) is 0 Å². The predicted octanol–water partition coefficient (Wildman–Crippen LogP) is 4.84. The number of benzene rings is 1. The van der Waals surface area contributed by atoms with E-state index in [1.165, 1.54) is 0 Å². The molecule has 0 spiro atoms. The zero-order valence-electron chi connectivity index (χ0n) is 12.9. The van der Waals surface area contributed by atoms with Gasteiger partial charge in [-0.25, -0.2) is 4.98 Å². The van der Waals surface area contributed by atoms with Crippen molar-refractivity contribution in [1.29, 1.82) is 0 Å². The molecule has 7 heteroatoms. The van der Waals surface area contributed by atoms with Gasteiger partial charge in [-0.3, -0.25) is 4.98 Å². The number of pyridine rings is 1. The Morgan fingerprint density at radius 1 is 1.04 bits per heavy atom. The Balaban J connectivity index is 1.77. The molecule has 0 radical (unpaired) electrons. The second-order valence-electron chi connectivity index (χ2n) is 5.14. The predicted molar refractivity (Wildman–Crippen MR) is 98.1 cm³/mol. The molecule has 1 aromatic carbocycles. The number of anilines is 3. The van der Waals surface area contributed by atoms with E-state index in [0.29, 0.717) is 34.0 Å². The first-order valence-corrected chi connectivity index (χ1v) is 8.07. The molecule has 0 fully saturated rings. The fraction of sp³-hybridized carbons (Fsp3) is 0.118. The van der Waals surface area contributed by atoms with Crippen molar-refractivity contribution in [3.05, 3.63) is 70.1 Å². The molecule has 24 heavy (non-hydrogen) atoms. The Bertz CT molecular complexity index is 840. The van der Waals surface area contributed by atoms with Crippen molar-refractivity contribution in [2.75, 3.05) is 10.6 Å². The van der Waals surface area contributed by atoms with Gasteiger partial charge < -0.3 is 10.6 Å². The van der Waals surface area contributed by atoms with Gasteiger partial charge in [0.1, 0.15) is 5.82 Å². The third kappa shape index (κ3) is 4.34. The highest BCUT2D eigenvalue weighted by atomic mass is 35.5. The van der Waals surface area contributed by atoms with Gasteiger partial charge in [0, 0.05) is 23.0 Å².